The summed E-state index contributed by atoms with van der Waals surface area (Å²) in [5.41, 5.74) is 0.850. The van der Waals surface area contributed by atoms with Crippen LogP contribution in [0.1, 0.15) is 22.3 Å². The predicted molar refractivity (Wildman–Crippen MR) is 97.1 cm³/mol. The molecule has 0 saturated carbocycles. The molecular weight excluding hydrogens is 352 g/mol. The third-order valence-electron chi connectivity index (χ3n) is 4.52. The minimum absolute atomic E-state index is 0.154. The fourth-order valence-electron chi connectivity index (χ4n) is 3.04. The van der Waals surface area contributed by atoms with Gasteiger partial charge in [-0.3, -0.25) is 4.79 Å². The molecule has 5 nitrogen and oxygen atoms in total. The van der Waals surface area contributed by atoms with Gasteiger partial charge < -0.3 is 15.1 Å². The van der Waals surface area contributed by atoms with Crippen molar-refractivity contribution in [2.75, 3.05) is 26.2 Å². The molecule has 3 amide bonds. The predicted octanol–water partition coefficient (Wildman–Crippen LogP) is 3.02. The number of rotatable bonds is 3. The number of hydrogen-bond acceptors (Lipinski definition) is 2. The Labute approximate surface area is 156 Å². The van der Waals surface area contributed by atoms with Crippen molar-refractivity contribution in [1.82, 2.24) is 15.1 Å². The summed E-state index contributed by atoms with van der Waals surface area (Å²) in [4.78, 5) is 28.0. The van der Waals surface area contributed by atoms with Crippen molar-refractivity contribution in [3.63, 3.8) is 0 Å². The van der Waals surface area contributed by atoms with Crippen molar-refractivity contribution in [3.8, 4) is 0 Å². The maximum atomic E-state index is 13.9. The zero-order chi connectivity index (χ0) is 19.2. The van der Waals surface area contributed by atoms with E-state index >= 15 is 0 Å². The number of halogens is 2. The molecule has 1 aliphatic heterocycles. The molecule has 1 heterocycles. The second kappa shape index (κ2) is 8.62. The van der Waals surface area contributed by atoms with Crippen molar-refractivity contribution in [1.29, 1.82) is 0 Å². The first-order valence-corrected chi connectivity index (χ1v) is 8.85. The quantitative estimate of drug-likeness (QED) is 0.899. The van der Waals surface area contributed by atoms with Crippen LogP contribution in [-0.4, -0.2) is 47.9 Å². The molecule has 3 rings (SSSR count). The summed E-state index contributed by atoms with van der Waals surface area (Å²) in [6.45, 7) is 2.01. The summed E-state index contributed by atoms with van der Waals surface area (Å²) in [6.07, 6.45) is 0.591. The van der Waals surface area contributed by atoms with Gasteiger partial charge in [0, 0.05) is 38.8 Å². The molecule has 1 fully saturated rings. The maximum Gasteiger partial charge on any atom is 0.317 e. The first-order chi connectivity index (χ1) is 13.0. The van der Waals surface area contributed by atoms with Crippen molar-refractivity contribution >= 4 is 11.9 Å². The number of hydrogen-bond donors (Lipinski definition) is 1. The zero-order valence-electron chi connectivity index (χ0n) is 14.8. The molecule has 2 aromatic carbocycles. The number of benzene rings is 2. The van der Waals surface area contributed by atoms with E-state index in [-0.39, 0.29) is 11.6 Å². The molecule has 0 radical (unpaired) electrons. The number of nitrogens with zero attached hydrogens (tertiary/aromatic N) is 2. The largest absolute Gasteiger partial charge is 0.337 e. The van der Waals surface area contributed by atoms with Crippen LogP contribution in [0.4, 0.5) is 13.6 Å². The summed E-state index contributed by atoms with van der Waals surface area (Å²) in [7, 11) is 0. The zero-order valence-corrected chi connectivity index (χ0v) is 14.8. The van der Waals surface area contributed by atoms with Crippen LogP contribution >= 0.6 is 0 Å². The standard InChI is InChI=1S/C20H21F2N3O2/c21-16-7-8-17(18(22)13-16)19(26)24-9-4-10-25(12-11-24)20(27)23-14-15-5-2-1-3-6-15/h1-3,5-8,13H,4,9-12,14H2,(H,23,27). The Hall–Kier alpha value is -2.96. The van der Waals surface area contributed by atoms with E-state index in [1.54, 1.807) is 4.90 Å². The van der Waals surface area contributed by atoms with Gasteiger partial charge in [-0.15, -0.1) is 0 Å². The summed E-state index contributed by atoms with van der Waals surface area (Å²) in [5, 5.41) is 2.87. The van der Waals surface area contributed by atoms with E-state index in [2.05, 4.69) is 5.32 Å². The van der Waals surface area contributed by atoms with Gasteiger partial charge in [0.1, 0.15) is 11.6 Å². The smallest absolute Gasteiger partial charge is 0.317 e. The molecule has 0 aliphatic carbocycles. The second-order valence-electron chi connectivity index (χ2n) is 6.40. The molecule has 0 atom stereocenters. The Kier molecular flexibility index (Phi) is 6.01. The van der Waals surface area contributed by atoms with Gasteiger partial charge in [-0.1, -0.05) is 30.3 Å². The lowest BCUT2D eigenvalue weighted by Crippen LogP contribution is -2.42. The molecule has 2 aromatic rings. The minimum Gasteiger partial charge on any atom is -0.337 e. The summed E-state index contributed by atoms with van der Waals surface area (Å²) < 4.78 is 26.9. The SMILES string of the molecule is O=C(NCc1ccccc1)N1CCCN(C(=O)c2ccc(F)cc2F)CC1. The van der Waals surface area contributed by atoms with Crippen LogP contribution in [0.5, 0.6) is 0 Å². The average molecular weight is 373 g/mol. The summed E-state index contributed by atoms with van der Waals surface area (Å²) in [5.74, 6) is -2.08. The lowest BCUT2D eigenvalue weighted by atomic mass is 10.1. The second-order valence-corrected chi connectivity index (χ2v) is 6.40. The Morgan fingerprint density at radius 2 is 1.63 bits per heavy atom. The number of amides is 3. The Morgan fingerprint density at radius 1 is 0.926 bits per heavy atom. The number of carbonyl (C=O) groups is 2. The van der Waals surface area contributed by atoms with Gasteiger partial charge in [0.15, 0.2) is 0 Å². The van der Waals surface area contributed by atoms with Crippen LogP contribution in [0.3, 0.4) is 0 Å². The van der Waals surface area contributed by atoms with Gasteiger partial charge in [0.2, 0.25) is 0 Å². The van der Waals surface area contributed by atoms with E-state index in [9.17, 15) is 18.4 Å². The van der Waals surface area contributed by atoms with Crippen LogP contribution in [-0.2, 0) is 6.54 Å². The van der Waals surface area contributed by atoms with Crippen LogP contribution in [0.2, 0.25) is 0 Å². The highest BCUT2D eigenvalue weighted by atomic mass is 19.1. The fourth-order valence-corrected chi connectivity index (χ4v) is 3.04. The van der Waals surface area contributed by atoms with Crippen LogP contribution in [0, 0.1) is 11.6 Å². The van der Waals surface area contributed by atoms with Crippen molar-refractivity contribution in [2.45, 2.75) is 13.0 Å². The third-order valence-corrected chi connectivity index (χ3v) is 4.52. The van der Waals surface area contributed by atoms with Gasteiger partial charge in [-0.2, -0.15) is 0 Å². The van der Waals surface area contributed by atoms with Crippen LogP contribution < -0.4 is 5.32 Å². The van der Waals surface area contributed by atoms with E-state index in [1.807, 2.05) is 30.3 Å². The Balaban J connectivity index is 1.56. The molecule has 142 valence electrons. The van der Waals surface area contributed by atoms with E-state index in [0.29, 0.717) is 45.2 Å². The average Bonchev–Trinajstić information content (AvgIpc) is 2.93. The molecule has 0 spiro atoms. The molecule has 0 bridgehead atoms. The van der Waals surface area contributed by atoms with E-state index < -0.39 is 17.5 Å². The van der Waals surface area contributed by atoms with E-state index in [0.717, 1.165) is 17.7 Å². The van der Waals surface area contributed by atoms with Gasteiger partial charge in [0.05, 0.1) is 5.56 Å². The number of nitrogens with one attached hydrogen (secondary N) is 1. The first-order valence-electron chi connectivity index (χ1n) is 8.85. The molecule has 1 aliphatic rings. The number of carbonyl (C=O) groups excluding carboxylic acids is 2. The maximum absolute atomic E-state index is 13.9. The summed E-state index contributed by atoms with van der Waals surface area (Å²) >= 11 is 0. The van der Waals surface area contributed by atoms with Crippen molar-refractivity contribution in [3.05, 3.63) is 71.3 Å². The van der Waals surface area contributed by atoms with Crippen molar-refractivity contribution < 1.29 is 18.4 Å². The van der Waals surface area contributed by atoms with Gasteiger partial charge >= 0.3 is 6.03 Å². The Bertz CT molecular complexity index is 814. The molecule has 1 saturated heterocycles. The lowest BCUT2D eigenvalue weighted by Gasteiger charge is -2.22. The molecular formula is C20H21F2N3O2. The summed E-state index contributed by atoms with van der Waals surface area (Å²) in [6, 6.07) is 12.3. The first kappa shape index (κ1) is 18.8. The fraction of sp³-hybridized carbons (Fsp3) is 0.300. The van der Waals surface area contributed by atoms with Gasteiger partial charge in [0.25, 0.3) is 5.91 Å². The van der Waals surface area contributed by atoms with Crippen LogP contribution in [0.25, 0.3) is 0 Å². The minimum atomic E-state index is -0.873. The van der Waals surface area contributed by atoms with Gasteiger partial charge in [-0.05, 0) is 24.1 Å². The highest BCUT2D eigenvalue weighted by Gasteiger charge is 2.24. The molecule has 27 heavy (non-hydrogen) atoms. The highest BCUT2D eigenvalue weighted by molar-refractivity contribution is 5.94. The molecule has 0 aromatic heterocycles. The lowest BCUT2D eigenvalue weighted by molar-refractivity contribution is 0.0757. The normalized spacial score (nSPS) is 14.6. The van der Waals surface area contributed by atoms with Gasteiger partial charge in [-0.25, -0.2) is 13.6 Å². The third kappa shape index (κ3) is 4.81. The topological polar surface area (TPSA) is 52.7 Å². The highest BCUT2D eigenvalue weighted by Crippen LogP contribution is 2.14. The van der Waals surface area contributed by atoms with Crippen LogP contribution in [0.15, 0.2) is 48.5 Å². The Morgan fingerprint density at radius 3 is 2.37 bits per heavy atom. The molecule has 7 heteroatoms. The number of urea groups is 1. The van der Waals surface area contributed by atoms with Crippen molar-refractivity contribution in [2.24, 2.45) is 0 Å². The molecule has 1 N–H and O–H groups in total. The van der Waals surface area contributed by atoms with E-state index in [1.165, 1.54) is 4.90 Å². The monoisotopic (exact) mass is 373 g/mol. The van der Waals surface area contributed by atoms with E-state index in [4.69, 9.17) is 0 Å². The molecule has 0 unspecified atom stereocenters.